The van der Waals surface area contributed by atoms with E-state index in [1.165, 1.54) is 0 Å². The van der Waals surface area contributed by atoms with Crippen molar-refractivity contribution in [1.29, 1.82) is 0 Å². The number of carbonyl (C=O) groups is 1. The van der Waals surface area contributed by atoms with Crippen LogP contribution in [0.2, 0.25) is 0 Å². The summed E-state index contributed by atoms with van der Waals surface area (Å²) in [5.74, 6) is -0.000596. The van der Waals surface area contributed by atoms with Gasteiger partial charge in [0.25, 0.3) is 5.91 Å². The van der Waals surface area contributed by atoms with Crippen LogP contribution in [-0.2, 0) is 4.74 Å². The summed E-state index contributed by atoms with van der Waals surface area (Å²) in [6.07, 6.45) is 0.540. The molecule has 0 saturated carbocycles. The maximum atomic E-state index is 12.0. The topological polar surface area (TPSA) is 41.6 Å². The summed E-state index contributed by atoms with van der Waals surface area (Å²) in [5.41, 5.74) is 1.89. The van der Waals surface area contributed by atoms with Crippen molar-refractivity contribution in [2.75, 3.05) is 26.2 Å². The lowest BCUT2D eigenvalue weighted by Gasteiger charge is -2.35. The van der Waals surface area contributed by atoms with Crippen LogP contribution in [0.25, 0.3) is 0 Å². The lowest BCUT2D eigenvalue weighted by molar-refractivity contribution is -0.0672. The summed E-state index contributed by atoms with van der Waals surface area (Å²) in [6, 6.07) is 7.65. The van der Waals surface area contributed by atoms with E-state index in [2.05, 4.69) is 24.1 Å². The van der Waals surface area contributed by atoms with Crippen LogP contribution in [0, 0.1) is 6.92 Å². The summed E-state index contributed by atoms with van der Waals surface area (Å²) in [7, 11) is 0. The summed E-state index contributed by atoms with van der Waals surface area (Å²) in [4.78, 5) is 14.3. The zero-order valence-corrected chi connectivity index (χ0v) is 12.6. The van der Waals surface area contributed by atoms with Crippen LogP contribution in [0.15, 0.2) is 24.3 Å². The van der Waals surface area contributed by atoms with Crippen LogP contribution in [0.4, 0.5) is 0 Å². The predicted molar refractivity (Wildman–Crippen MR) is 80.0 cm³/mol. The van der Waals surface area contributed by atoms with Crippen molar-refractivity contribution in [2.24, 2.45) is 0 Å². The second-order valence-corrected chi connectivity index (χ2v) is 5.64. The van der Waals surface area contributed by atoms with Gasteiger partial charge in [0.1, 0.15) is 0 Å². The second-order valence-electron chi connectivity index (χ2n) is 5.64. The van der Waals surface area contributed by atoms with Crippen molar-refractivity contribution < 1.29 is 9.53 Å². The van der Waals surface area contributed by atoms with Crippen molar-refractivity contribution >= 4 is 5.91 Å². The Labute approximate surface area is 121 Å². The van der Waals surface area contributed by atoms with Gasteiger partial charge in [-0.25, -0.2) is 0 Å². The number of benzene rings is 1. The molecule has 0 spiro atoms. The third kappa shape index (κ3) is 4.32. The minimum Gasteiger partial charge on any atom is -0.373 e. The van der Waals surface area contributed by atoms with Gasteiger partial charge in [0.05, 0.1) is 12.2 Å². The zero-order valence-electron chi connectivity index (χ0n) is 12.6. The van der Waals surface area contributed by atoms with Gasteiger partial charge >= 0.3 is 0 Å². The number of nitrogens with one attached hydrogen (secondary N) is 1. The summed E-state index contributed by atoms with van der Waals surface area (Å²) in [5, 5.41) is 2.97. The van der Waals surface area contributed by atoms with Crippen molar-refractivity contribution in [3.63, 3.8) is 0 Å². The molecular formula is C16H24N2O2. The molecule has 1 heterocycles. The summed E-state index contributed by atoms with van der Waals surface area (Å²) >= 11 is 0. The van der Waals surface area contributed by atoms with E-state index in [1.807, 2.05) is 31.2 Å². The molecule has 1 amide bonds. The standard InChI is InChI=1S/C16H24N2O2/c1-12-4-6-15(7-5-12)16(19)17-8-9-18-10-13(2)20-14(3)11-18/h4-7,13-14H,8-11H2,1-3H3,(H,17,19)/t13-,14-/m0/s1. The molecule has 0 aromatic heterocycles. The van der Waals surface area contributed by atoms with E-state index in [1.54, 1.807) is 0 Å². The monoisotopic (exact) mass is 276 g/mol. The van der Waals surface area contributed by atoms with Gasteiger partial charge in [-0.05, 0) is 32.9 Å². The fraction of sp³-hybridized carbons (Fsp3) is 0.562. The van der Waals surface area contributed by atoms with Crippen molar-refractivity contribution in [3.8, 4) is 0 Å². The molecule has 0 bridgehead atoms. The molecule has 0 unspecified atom stereocenters. The Morgan fingerprint density at radius 1 is 1.25 bits per heavy atom. The van der Waals surface area contributed by atoms with E-state index in [9.17, 15) is 4.79 Å². The number of amides is 1. The molecule has 1 aromatic carbocycles. The molecule has 1 saturated heterocycles. The quantitative estimate of drug-likeness (QED) is 0.912. The van der Waals surface area contributed by atoms with E-state index < -0.39 is 0 Å². The third-order valence-electron chi connectivity index (χ3n) is 3.52. The minimum atomic E-state index is -0.000596. The molecule has 1 aromatic rings. The van der Waals surface area contributed by atoms with Crippen LogP contribution in [-0.4, -0.2) is 49.2 Å². The average Bonchev–Trinajstić information content (AvgIpc) is 2.38. The number of rotatable bonds is 4. The molecule has 0 aliphatic carbocycles. The number of nitrogens with zero attached hydrogens (tertiary/aromatic N) is 1. The van der Waals surface area contributed by atoms with Crippen molar-refractivity contribution in [2.45, 2.75) is 33.0 Å². The van der Waals surface area contributed by atoms with Gasteiger partial charge in [-0.1, -0.05) is 17.7 Å². The molecule has 110 valence electrons. The highest BCUT2D eigenvalue weighted by atomic mass is 16.5. The molecule has 2 rings (SSSR count). The molecule has 2 atom stereocenters. The Kier molecular flexibility index (Phi) is 5.15. The Bertz CT molecular complexity index is 434. The van der Waals surface area contributed by atoms with E-state index in [4.69, 9.17) is 4.74 Å². The molecule has 1 N–H and O–H groups in total. The third-order valence-corrected chi connectivity index (χ3v) is 3.52. The van der Waals surface area contributed by atoms with Crippen molar-refractivity contribution in [3.05, 3.63) is 35.4 Å². The first-order chi connectivity index (χ1) is 9.54. The second kappa shape index (κ2) is 6.86. The van der Waals surface area contributed by atoms with E-state index in [0.717, 1.165) is 30.8 Å². The van der Waals surface area contributed by atoms with E-state index in [-0.39, 0.29) is 18.1 Å². The highest BCUT2D eigenvalue weighted by Crippen LogP contribution is 2.09. The maximum Gasteiger partial charge on any atom is 0.251 e. The predicted octanol–water partition coefficient (Wildman–Crippen LogP) is 1.83. The molecular weight excluding hydrogens is 252 g/mol. The van der Waals surface area contributed by atoms with Gasteiger partial charge in [0, 0.05) is 31.7 Å². The Hall–Kier alpha value is -1.39. The van der Waals surface area contributed by atoms with Gasteiger partial charge in [-0.3, -0.25) is 9.69 Å². The first-order valence-corrected chi connectivity index (χ1v) is 7.27. The van der Waals surface area contributed by atoms with E-state index >= 15 is 0 Å². The maximum absolute atomic E-state index is 12.0. The minimum absolute atomic E-state index is 0.000596. The van der Waals surface area contributed by atoms with Gasteiger partial charge in [-0.2, -0.15) is 0 Å². The van der Waals surface area contributed by atoms with Crippen molar-refractivity contribution in [1.82, 2.24) is 10.2 Å². The lowest BCUT2D eigenvalue weighted by Crippen LogP contribution is -2.47. The molecule has 4 nitrogen and oxygen atoms in total. The Balaban J connectivity index is 1.75. The largest absolute Gasteiger partial charge is 0.373 e. The number of carbonyl (C=O) groups excluding carboxylic acids is 1. The molecule has 4 heteroatoms. The number of hydrogen-bond donors (Lipinski definition) is 1. The average molecular weight is 276 g/mol. The van der Waals surface area contributed by atoms with Crippen LogP contribution < -0.4 is 5.32 Å². The van der Waals surface area contributed by atoms with Crippen LogP contribution in [0.3, 0.4) is 0 Å². The van der Waals surface area contributed by atoms with Crippen LogP contribution in [0.1, 0.15) is 29.8 Å². The summed E-state index contributed by atoms with van der Waals surface area (Å²) in [6.45, 7) is 9.61. The Morgan fingerprint density at radius 3 is 2.45 bits per heavy atom. The number of hydrogen-bond acceptors (Lipinski definition) is 3. The molecule has 1 fully saturated rings. The number of morpholine rings is 1. The lowest BCUT2D eigenvalue weighted by atomic mass is 10.1. The normalized spacial score (nSPS) is 23.6. The highest BCUT2D eigenvalue weighted by Gasteiger charge is 2.21. The van der Waals surface area contributed by atoms with Crippen LogP contribution in [0.5, 0.6) is 0 Å². The number of ether oxygens (including phenoxy) is 1. The first-order valence-electron chi connectivity index (χ1n) is 7.27. The van der Waals surface area contributed by atoms with Gasteiger partial charge in [-0.15, -0.1) is 0 Å². The molecule has 1 aliphatic rings. The Morgan fingerprint density at radius 2 is 1.85 bits per heavy atom. The SMILES string of the molecule is Cc1ccc(C(=O)NCCN2C[C@H](C)O[C@@H](C)C2)cc1. The molecule has 1 aliphatic heterocycles. The van der Waals surface area contributed by atoms with E-state index in [0.29, 0.717) is 6.54 Å². The number of aryl methyl sites for hydroxylation is 1. The van der Waals surface area contributed by atoms with Crippen LogP contribution >= 0.6 is 0 Å². The van der Waals surface area contributed by atoms with Gasteiger partial charge < -0.3 is 10.1 Å². The molecule has 0 radical (unpaired) electrons. The van der Waals surface area contributed by atoms with Gasteiger partial charge in [0.2, 0.25) is 0 Å². The smallest absolute Gasteiger partial charge is 0.251 e. The highest BCUT2D eigenvalue weighted by molar-refractivity contribution is 5.94. The van der Waals surface area contributed by atoms with Gasteiger partial charge in [0.15, 0.2) is 0 Å². The zero-order chi connectivity index (χ0) is 14.5. The first kappa shape index (κ1) is 15.0. The fourth-order valence-corrected chi connectivity index (χ4v) is 2.60. The summed E-state index contributed by atoms with van der Waals surface area (Å²) < 4.78 is 5.70. The molecule has 20 heavy (non-hydrogen) atoms. The fourth-order valence-electron chi connectivity index (χ4n) is 2.60.